The Morgan fingerprint density at radius 3 is 1.76 bits per heavy atom. The topological polar surface area (TPSA) is 21.9 Å². The second kappa shape index (κ2) is 14.2. The fourth-order valence-corrected chi connectivity index (χ4v) is 8.56. The van der Waals surface area contributed by atoms with Gasteiger partial charge in [-0.1, -0.05) is 132 Å². The summed E-state index contributed by atoms with van der Waals surface area (Å²) in [6.45, 7) is 38.4. The molecule has 2 heterocycles. The van der Waals surface area contributed by atoms with Crippen LogP contribution in [0.4, 0.5) is 11.4 Å². The van der Waals surface area contributed by atoms with E-state index >= 15 is 0 Å². The Morgan fingerprint density at radius 1 is 0.552 bits per heavy atom. The lowest BCUT2D eigenvalue weighted by Crippen LogP contribution is -2.13. The number of rotatable bonds is 6. The molecular weight excluding hydrogens is 703 g/mol. The molecular formula is C55H65N3. The van der Waals surface area contributed by atoms with E-state index in [0.29, 0.717) is 0 Å². The largest absolute Gasteiger partial charge is 0.355 e. The third kappa shape index (κ3) is 7.23. The molecule has 300 valence electrons. The minimum Gasteiger partial charge on any atom is -0.355 e. The van der Waals surface area contributed by atoms with Gasteiger partial charge in [-0.25, -0.2) is 0 Å². The van der Waals surface area contributed by atoms with Crippen LogP contribution in [0.2, 0.25) is 0 Å². The van der Waals surface area contributed by atoms with Crippen LogP contribution >= 0.6 is 0 Å². The van der Waals surface area contributed by atoms with Crippen LogP contribution in [0.25, 0.3) is 55.0 Å². The molecule has 0 bridgehead atoms. The van der Waals surface area contributed by atoms with Crippen LogP contribution in [-0.2, 0) is 21.7 Å². The van der Waals surface area contributed by atoms with Gasteiger partial charge in [0.2, 0.25) is 0 Å². The lowest BCUT2D eigenvalue weighted by molar-refractivity contribution is 0.590. The van der Waals surface area contributed by atoms with Gasteiger partial charge in [-0.2, -0.15) is 0 Å². The summed E-state index contributed by atoms with van der Waals surface area (Å²) in [5.74, 6) is 0. The number of hydrogen-bond donors (Lipinski definition) is 1. The average molecular weight is 768 g/mol. The highest BCUT2D eigenvalue weighted by molar-refractivity contribution is 6.13. The molecule has 3 heteroatoms. The molecule has 0 aliphatic carbocycles. The van der Waals surface area contributed by atoms with E-state index in [1.165, 1.54) is 77.1 Å². The van der Waals surface area contributed by atoms with Crippen molar-refractivity contribution in [2.24, 2.45) is 0 Å². The molecule has 1 N–H and O–H groups in total. The van der Waals surface area contributed by atoms with Crippen LogP contribution < -0.4 is 5.32 Å². The summed E-state index contributed by atoms with van der Waals surface area (Å²) >= 11 is 0. The van der Waals surface area contributed by atoms with Crippen molar-refractivity contribution in [3.63, 3.8) is 0 Å². The molecule has 0 radical (unpaired) electrons. The number of aromatic nitrogens is 2. The Hall–Kier alpha value is -5.28. The maximum Gasteiger partial charge on any atom is 0.0561 e. The standard InChI is InChI=1S/C55H65N3/c1-17-34(3)51(35(4)18-2)58-46-26-22-36(52(5,6)7)30-43(46)42-25-24-39(33-49(42)58)56-40-28-38(54(11,12)13)29-41(32-40)57-47-27-23-37(53(8,9)10)31-44(47)50-45(55(14,15)16)20-19-21-48(50)57/h17-33,56H,1H2,2-16H3/b35-18-,51-34+. The zero-order valence-electron chi connectivity index (χ0n) is 37.9. The average Bonchev–Trinajstić information content (AvgIpc) is 3.65. The summed E-state index contributed by atoms with van der Waals surface area (Å²) in [6.07, 6.45) is 4.18. The van der Waals surface area contributed by atoms with Crippen molar-refractivity contribution >= 4 is 60.7 Å². The fourth-order valence-electron chi connectivity index (χ4n) is 8.56. The third-order valence-corrected chi connectivity index (χ3v) is 12.1. The van der Waals surface area contributed by atoms with Crippen molar-refractivity contribution in [1.29, 1.82) is 0 Å². The zero-order chi connectivity index (χ0) is 42.3. The second-order valence-electron chi connectivity index (χ2n) is 20.7. The Bertz CT molecular complexity index is 2820. The lowest BCUT2D eigenvalue weighted by Gasteiger charge is -2.23. The first-order valence-electron chi connectivity index (χ1n) is 21.1. The third-order valence-electron chi connectivity index (χ3n) is 12.1. The highest BCUT2D eigenvalue weighted by Gasteiger charge is 2.26. The minimum absolute atomic E-state index is 0.0174. The molecule has 0 aliphatic heterocycles. The zero-order valence-corrected chi connectivity index (χ0v) is 37.9. The smallest absolute Gasteiger partial charge is 0.0561 e. The molecule has 7 aromatic rings. The van der Waals surface area contributed by atoms with Gasteiger partial charge >= 0.3 is 0 Å². The van der Waals surface area contributed by atoms with Gasteiger partial charge in [0.15, 0.2) is 0 Å². The van der Waals surface area contributed by atoms with Crippen LogP contribution in [0, 0.1) is 0 Å². The van der Waals surface area contributed by atoms with Crippen LogP contribution in [0.5, 0.6) is 0 Å². The van der Waals surface area contributed by atoms with Gasteiger partial charge in [0.1, 0.15) is 0 Å². The van der Waals surface area contributed by atoms with Gasteiger partial charge in [0.25, 0.3) is 0 Å². The predicted octanol–water partition coefficient (Wildman–Crippen LogP) is 16.2. The lowest BCUT2D eigenvalue weighted by atomic mass is 9.83. The summed E-state index contributed by atoms with van der Waals surface area (Å²) in [6, 6.07) is 34.9. The molecule has 3 nitrogen and oxygen atoms in total. The quantitative estimate of drug-likeness (QED) is 0.167. The Balaban J connectivity index is 1.48. The maximum absolute atomic E-state index is 4.20. The van der Waals surface area contributed by atoms with Gasteiger partial charge in [-0.3, -0.25) is 0 Å². The van der Waals surface area contributed by atoms with Crippen molar-refractivity contribution in [3.8, 4) is 5.69 Å². The number of benzene rings is 5. The molecule has 0 saturated carbocycles. The van der Waals surface area contributed by atoms with Gasteiger partial charge < -0.3 is 14.5 Å². The molecule has 0 amide bonds. The number of hydrogen-bond acceptors (Lipinski definition) is 1. The summed E-state index contributed by atoms with van der Waals surface area (Å²) in [5.41, 5.74) is 16.9. The Labute approximate surface area is 348 Å². The first-order valence-corrected chi connectivity index (χ1v) is 21.1. The first kappa shape index (κ1) is 40.9. The monoisotopic (exact) mass is 768 g/mol. The molecule has 0 aliphatic rings. The van der Waals surface area contributed by atoms with Crippen molar-refractivity contribution < 1.29 is 0 Å². The van der Waals surface area contributed by atoms with Gasteiger partial charge in [0.05, 0.1) is 27.8 Å². The van der Waals surface area contributed by atoms with E-state index < -0.39 is 0 Å². The number of nitrogens with one attached hydrogen (secondary N) is 1. The fraction of sp³-hybridized carbons (Fsp3) is 0.345. The van der Waals surface area contributed by atoms with E-state index in [-0.39, 0.29) is 21.7 Å². The molecule has 7 rings (SSSR count). The number of nitrogens with zero attached hydrogens (tertiary/aromatic N) is 2. The minimum atomic E-state index is -0.0752. The van der Waals surface area contributed by atoms with Crippen molar-refractivity contribution in [3.05, 3.63) is 143 Å². The van der Waals surface area contributed by atoms with Crippen LogP contribution in [0.15, 0.2) is 121 Å². The number of allylic oxidation sites excluding steroid dienone is 5. The van der Waals surface area contributed by atoms with Crippen LogP contribution in [0.1, 0.15) is 126 Å². The van der Waals surface area contributed by atoms with Crippen LogP contribution in [-0.4, -0.2) is 9.13 Å². The van der Waals surface area contributed by atoms with E-state index in [0.717, 1.165) is 22.6 Å². The molecule has 0 spiro atoms. The van der Waals surface area contributed by atoms with Crippen LogP contribution in [0.3, 0.4) is 0 Å². The molecule has 0 fully saturated rings. The summed E-state index contributed by atoms with van der Waals surface area (Å²) in [4.78, 5) is 0. The number of anilines is 2. The summed E-state index contributed by atoms with van der Waals surface area (Å²) < 4.78 is 4.94. The molecule has 0 unspecified atom stereocenters. The molecule has 0 saturated heterocycles. The Kier molecular flexibility index (Phi) is 10.0. The van der Waals surface area contributed by atoms with E-state index in [4.69, 9.17) is 0 Å². The SMILES string of the molecule is C=C/C(C)=C(\C(C)=C/C)n1c2ccc(C(C)(C)C)cc2c2ccc(Nc3cc(-n4c5ccc(C(C)(C)C)cc5c5c(C(C)(C)C)cccc54)cc(C(C)(C)C)c3)cc21. The van der Waals surface area contributed by atoms with E-state index in [1.807, 2.05) is 6.08 Å². The Morgan fingerprint density at radius 2 is 1.17 bits per heavy atom. The molecule has 58 heavy (non-hydrogen) atoms. The van der Waals surface area contributed by atoms with Crippen molar-refractivity contribution in [2.75, 3.05) is 5.32 Å². The van der Waals surface area contributed by atoms with Crippen molar-refractivity contribution in [1.82, 2.24) is 9.13 Å². The first-order chi connectivity index (χ1) is 27.0. The normalized spacial score (nSPS) is 13.9. The molecule has 5 aromatic carbocycles. The predicted molar refractivity (Wildman–Crippen MR) is 257 cm³/mol. The van der Waals surface area contributed by atoms with Gasteiger partial charge in [-0.05, 0) is 136 Å². The highest BCUT2D eigenvalue weighted by atomic mass is 15.0. The number of fused-ring (bicyclic) bond motifs is 6. The molecule has 0 atom stereocenters. The van der Waals surface area contributed by atoms with Gasteiger partial charge in [0, 0.05) is 38.6 Å². The highest BCUT2D eigenvalue weighted by Crippen LogP contribution is 2.43. The second-order valence-corrected chi connectivity index (χ2v) is 20.7. The van der Waals surface area contributed by atoms with E-state index in [9.17, 15) is 0 Å². The van der Waals surface area contributed by atoms with Crippen molar-refractivity contribution in [2.45, 2.75) is 126 Å². The van der Waals surface area contributed by atoms with Gasteiger partial charge in [-0.15, -0.1) is 0 Å². The van der Waals surface area contributed by atoms with E-state index in [2.05, 4.69) is 222 Å². The summed E-state index contributed by atoms with van der Waals surface area (Å²) in [7, 11) is 0. The maximum atomic E-state index is 4.20. The summed E-state index contributed by atoms with van der Waals surface area (Å²) in [5, 5.41) is 9.08. The van der Waals surface area contributed by atoms with E-state index in [1.54, 1.807) is 0 Å². The molecule has 2 aromatic heterocycles.